The summed E-state index contributed by atoms with van der Waals surface area (Å²) in [5.74, 6) is 0. The van der Waals surface area contributed by atoms with Crippen LogP contribution in [0, 0.1) is 0 Å². The summed E-state index contributed by atoms with van der Waals surface area (Å²) in [5, 5.41) is 8.44. The fraction of sp³-hybridized carbons (Fsp3) is 0.625. The molecule has 0 spiro atoms. The summed E-state index contributed by atoms with van der Waals surface area (Å²) < 4.78 is 7.02. The quantitative estimate of drug-likeness (QED) is 0.578. The molecule has 0 radical (unpaired) electrons. The lowest BCUT2D eigenvalue weighted by Gasteiger charge is -2.02. The van der Waals surface area contributed by atoms with Crippen LogP contribution in [0.5, 0.6) is 0 Å². The first-order valence-corrected chi connectivity index (χ1v) is 4.26. The second-order valence-electron chi connectivity index (χ2n) is 2.64. The summed E-state index contributed by atoms with van der Waals surface area (Å²) in [4.78, 5) is 4.07. The molecule has 1 aromatic heterocycles. The molecule has 0 aliphatic carbocycles. The number of hydrogen-bond acceptors (Lipinski definition) is 4. The molecule has 5 heteroatoms. The lowest BCUT2D eigenvalue weighted by molar-refractivity contribution is 0.0870. The summed E-state index contributed by atoms with van der Waals surface area (Å²) in [6, 6.07) is 0. The van der Waals surface area contributed by atoms with Crippen LogP contribution in [0.25, 0.3) is 0 Å². The van der Waals surface area contributed by atoms with Gasteiger partial charge >= 0.3 is 0 Å². The number of nitrogens with zero attached hydrogens (tertiary/aromatic N) is 2. The van der Waals surface area contributed by atoms with Crippen molar-refractivity contribution in [3.05, 3.63) is 18.2 Å². The first-order chi connectivity index (χ1) is 6.36. The Kier molecular flexibility index (Phi) is 4.45. The van der Waals surface area contributed by atoms with Crippen molar-refractivity contribution in [3.8, 4) is 0 Å². The normalized spacial score (nSPS) is 10.6. The number of ether oxygens (including phenoxy) is 1. The van der Waals surface area contributed by atoms with Crippen LogP contribution in [0.1, 0.15) is 5.69 Å². The molecule has 0 saturated carbocycles. The Morgan fingerprint density at radius 3 is 3.00 bits per heavy atom. The molecule has 0 aliphatic rings. The minimum atomic E-state index is 0.0674. The number of aliphatic hydroxyl groups is 1. The molecule has 0 unspecified atom stereocenters. The molecule has 1 heterocycles. The number of aliphatic hydroxyl groups excluding tert-OH is 1. The SMILES string of the molecule is NCc1cn(CCOCCO)cn1. The zero-order chi connectivity index (χ0) is 9.52. The smallest absolute Gasteiger partial charge is 0.0950 e. The molecule has 0 aromatic carbocycles. The predicted octanol–water partition coefficient (Wildman–Crippen LogP) is -0.649. The van der Waals surface area contributed by atoms with Gasteiger partial charge in [0.1, 0.15) is 0 Å². The van der Waals surface area contributed by atoms with Crippen molar-refractivity contribution < 1.29 is 9.84 Å². The molecule has 5 nitrogen and oxygen atoms in total. The third-order valence-electron chi connectivity index (χ3n) is 1.63. The van der Waals surface area contributed by atoms with E-state index in [4.69, 9.17) is 15.6 Å². The highest BCUT2D eigenvalue weighted by molar-refractivity contribution is 4.95. The van der Waals surface area contributed by atoms with Gasteiger partial charge in [0, 0.05) is 19.3 Å². The zero-order valence-electron chi connectivity index (χ0n) is 7.52. The monoisotopic (exact) mass is 185 g/mol. The summed E-state index contributed by atoms with van der Waals surface area (Å²) in [5.41, 5.74) is 6.28. The van der Waals surface area contributed by atoms with Crippen LogP contribution in [0.4, 0.5) is 0 Å². The van der Waals surface area contributed by atoms with Crippen LogP contribution in [0.2, 0.25) is 0 Å². The number of hydrogen-bond donors (Lipinski definition) is 2. The Labute approximate surface area is 77.1 Å². The number of nitrogens with two attached hydrogens (primary N) is 1. The van der Waals surface area contributed by atoms with Gasteiger partial charge in [-0.15, -0.1) is 0 Å². The van der Waals surface area contributed by atoms with E-state index >= 15 is 0 Å². The Balaban J connectivity index is 2.20. The summed E-state index contributed by atoms with van der Waals surface area (Å²) in [6.45, 7) is 2.24. The number of rotatable bonds is 6. The molecule has 0 saturated heterocycles. The van der Waals surface area contributed by atoms with Gasteiger partial charge in [0.25, 0.3) is 0 Å². The third kappa shape index (κ3) is 3.54. The summed E-state index contributed by atoms with van der Waals surface area (Å²) in [6.07, 6.45) is 3.62. The maximum Gasteiger partial charge on any atom is 0.0950 e. The fourth-order valence-electron chi connectivity index (χ4n) is 0.971. The Bertz CT molecular complexity index is 237. The largest absolute Gasteiger partial charge is 0.394 e. The van der Waals surface area contributed by atoms with E-state index in [1.54, 1.807) is 6.33 Å². The van der Waals surface area contributed by atoms with Crippen LogP contribution in [-0.4, -0.2) is 34.5 Å². The maximum atomic E-state index is 8.44. The number of aromatic nitrogens is 2. The lowest BCUT2D eigenvalue weighted by Crippen LogP contribution is -2.07. The van der Waals surface area contributed by atoms with Crippen molar-refractivity contribution >= 4 is 0 Å². The van der Waals surface area contributed by atoms with E-state index in [9.17, 15) is 0 Å². The molecule has 1 rings (SSSR count). The molecule has 0 aliphatic heterocycles. The molecule has 13 heavy (non-hydrogen) atoms. The molecular weight excluding hydrogens is 170 g/mol. The zero-order valence-corrected chi connectivity index (χ0v) is 7.52. The minimum absolute atomic E-state index is 0.0674. The molecule has 0 atom stereocenters. The van der Waals surface area contributed by atoms with Gasteiger partial charge in [-0.05, 0) is 0 Å². The topological polar surface area (TPSA) is 73.3 Å². The summed E-state index contributed by atoms with van der Waals surface area (Å²) in [7, 11) is 0. The van der Waals surface area contributed by atoms with Gasteiger partial charge in [-0.2, -0.15) is 0 Å². The molecule has 74 valence electrons. The Morgan fingerprint density at radius 1 is 1.54 bits per heavy atom. The van der Waals surface area contributed by atoms with E-state index < -0.39 is 0 Å². The third-order valence-corrected chi connectivity index (χ3v) is 1.63. The molecule has 3 N–H and O–H groups in total. The number of imidazole rings is 1. The highest BCUT2D eigenvalue weighted by Gasteiger charge is 1.95. The first kappa shape index (κ1) is 10.2. The second-order valence-corrected chi connectivity index (χ2v) is 2.64. The predicted molar refractivity (Wildman–Crippen MR) is 48.0 cm³/mol. The van der Waals surface area contributed by atoms with Gasteiger partial charge < -0.3 is 20.1 Å². The van der Waals surface area contributed by atoms with Crippen molar-refractivity contribution in [1.29, 1.82) is 0 Å². The van der Waals surface area contributed by atoms with Gasteiger partial charge in [-0.1, -0.05) is 0 Å². The molecule has 1 aromatic rings. The van der Waals surface area contributed by atoms with E-state index in [-0.39, 0.29) is 6.61 Å². The maximum absolute atomic E-state index is 8.44. The van der Waals surface area contributed by atoms with Gasteiger partial charge in [0.15, 0.2) is 0 Å². The van der Waals surface area contributed by atoms with Gasteiger partial charge in [0.05, 0.1) is 31.8 Å². The van der Waals surface area contributed by atoms with E-state index in [1.165, 1.54) is 0 Å². The molecule has 0 amide bonds. The average molecular weight is 185 g/mol. The van der Waals surface area contributed by atoms with Crippen molar-refractivity contribution in [3.63, 3.8) is 0 Å². The highest BCUT2D eigenvalue weighted by atomic mass is 16.5. The van der Waals surface area contributed by atoms with Crippen molar-refractivity contribution in [2.24, 2.45) is 5.73 Å². The van der Waals surface area contributed by atoms with Gasteiger partial charge in [-0.3, -0.25) is 0 Å². The van der Waals surface area contributed by atoms with Crippen molar-refractivity contribution in [2.45, 2.75) is 13.1 Å². The van der Waals surface area contributed by atoms with E-state index in [0.717, 1.165) is 12.2 Å². The minimum Gasteiger partial charge on any atom is -0.394 e. The van der Waals surface area contributed by atoms with Crippen LogP contribution >= 0.6 is 0 Å². The Morgan fingerprint density at radius 2 is 2.38 bits per heavy atom. The van der Waals surface area contributed by atoms with Crippen LogP contribution < -0.4 is 5.73 Å². The average Bonchev–Trinajstić information content (AvgIpc) is 2.60. The van der Waals surface area contributed by atoms with E-state index in [0.29, 0.717) is 19.8 Å². The van der Waals surface area contributed by atoms with Crippen LogP contribution in [-0.2, 0) is 17.8 Å². The summed E-state index contributed by atoms with van der Waals surface area (Å²) >= 11 is 0. The van der Waals surface area contributed by atoms with Gasteiger partial charge in [-0.25, -0.2) is 4.98 Å². The van der Waals surface area contributed by atoms with Crippen LogP contribution in [0.3, 0.4) is 0 Å². The standard InChI is InChI=1S/C8H15N3O2/c9-5-8-6-11(7-10-8)1-3-13-4-2-12/h6-7,12H,1-5,9H2. The Hall–Kier alpha value is -0.910. The van der Waals surface area contributed by atoms with Crippen molar-refractivity contribution in [1.82, 2.24) is 9.55 Å². The molecule has 0 bridgehead atoms. The van der Waals surface area contributed by atoms with Crippen LogP contribution in [0.15, 0.2) is 12.5 Å². The fourth-order valence-corrected chi connectivity index (χ4v) is 0.971. The molecule has 0 fully saturated rings. The lowest BCUT2D eigenvalue weighted by atomic mass is 10.5. The van der Waals surface area contributed by atoms with Gasteiger partial charge in [0.2, 0.25) is 0 Å². The first-order valence-electron chi connectivity index (χ1n) is 4.26. The van der Waals surface area contributed by atoms with Crippen molar-refractivity contribution in [2.75, 3.05) is 19.8 Å². The van der Waals surface area contributed by atoms with E-state index in [2.05, 4.69) is 4.98 Å². The highest BCUT2D eigenvalue weighted by Crippen LogP contribution is 1.94. The second kappa shape index (κ2) is 5.69. The molecular formula is C8H15N3O2. The van der Waals surface area contributed by atoms with E-state index in [1.807, 2.05) is 10.8 Å².